The lowest BCUT2D eigenvalue weighted by atomic mass is 9.97. The number of rotatable bonds is 3. The fourth-order valence-corrected chi connectivity index (χ4v) is 5.37. The molecule has 2 aliphatic heterocycles. The average molecular weight is 358 g/mol. The number of piperazine rings is 1. The van der Waals surface area contributed by atoms with Crippen LogP contribution in [0.3, 0.4) is 0 Å². The summed E-state index contributed by atoms with van der Waals surface area (Å²) in [6.45, 7) is 6.98. The Labute approximate surface area is 134 Å². The van der Waals surface area contributed by atoms with E-state index in [4.69, 9.17) is 5.73 Å². The van der Waals surface area contributed by atoms with Crippen molar-refractivity contribution in [3.8, 4) is 0 Å². The molecule has 0 aliphatic carbocycles. The third kappa shape index (κ3) is 3.12. The largest absolute Gasteiger partial charge is 0.326 e. The van der Waals surface area contributed by atoms with Gasteiger partial charge in [0, 0.05) is 36.6 Å². The van der Waals surface area contributed by atoms with Crippen LogP contribution in [0, 0.1) is 0 Å². The molecule has 2 fully saturated rings. The normalized spacial score (nSPS) is 28.1. The standard InChI is InChI=1S/C15H24BrN3S/c1-11(17)15(13-5-6-14(16)20-13)19-9-8-18-7-3-2-4-12(18)10-19/h5-6,11-12,15H,2-4,7-10,17H2,1H3. The Bertz CT molecular complexity index is 448. The molecule has 3 heterocycles. The number of hydrogen-bond donors (Lipinski definition) is 1. The molecular formula is C15H24BrN3S. The molecule has 3 nitrogen and oxygen atoms in total. The summed E-state index contributed by atoms with van der Waals surface area (Å²) in [6.07, 6.45) is 4.13. The third-order valence-electron chi connectivity index (χ3n) is 4.65. The molecular weight excluding hydrogens is 334 g/mol. The zero-order chi connectivity index (χ0) is 14.1. The SMILES string of the molecule is CC(N)C(c1ccc(Br)s1)N1CCN2CCCCC2C1. The van der Waals surface area contributed by atoms with Gasteiger partial charge in [0.2, 0.25) is 0 Å². The van der Waals surface area contributed by atoms with Crippen LogP contribution in [-0.4, -0.2) is 48.1 Å². The molecule has 0 saturated carbocycles. The van der Waals surface area contributed by atoms with E-state index in [1.807, 2.05) is 11.3 Å². The minimum absolute atomic E-state index is 0.177. The summed E-state index contributed by atoms with van der Waals surface area (Å²) in [6, 6.07) is 5.68. The van der Waals surface area contributed by atoms with Gasteiger partial charge in [0.25, 0.3) is 0 Å². The van der Waals surface area contributed by atoms with Gasteiger partial charge in [-0.1, -0.05) is 6.42 Å². The van der Waals surface area contributed by atoms with Gasteiger partial charge >= 0.3 is 0 Å². The van der Waals surface area contributed by atoms with Crippen LogP contribution in [0.25, 0.3) is 0 Å². The molecule has 1 aromatic rings. The summed E-state index contributed by atoms with van der Waals surface area (Å²) in [5.74, 6) is 0. The Hall–Kier alpha value is 0.0600. The fraction of sp³-hybridized carbons (Fsp3) is 0.733. The Balaban J connectivity index is 1.75. The van der Waals surface area contributed by atoms with E-state index in [1.165, 1.54) is 47.6 Å². The lowest BCUT2D eigenvalue weighted by Crippen LogP contribution is -2.57. The van der Waals surface area contributed by atoms with E-state index >= 15 is 0 Å². The molecule has 5 heteroatoms. The van der Waals surface area contributed by atoms with Gasteiger partial charge < -0.3 is 5.73 Å². The number of piperidine rings is 1. The van der Waals surface area contributed by atoms with Crippen molar-refractivity contribution in [1.82, 2.24) is 9.80 Å². The monoisotopic (exact) mass is 357 g/mol. The number of nitrogens with two attached hydrogens (primary N) is 1. The quantitative estimate of drug-likeness (QED) is 0.901. The highest BCUT2D eigenvalue weighted by Crippen LogP contribution is 2.34. The van der Waals surface area contributed by atoms with Crippen LogP contribution in [0.1, 0.15) is 37.1 Å². The summed E-state index contributed by atoms with van der Waals surface area (Å²) >= 11 is 5.41. The van der Waals surface area contributed by atoms with Gasteiger partial charge in [-0.05, 0) is 54.4 Å². The van der Waals surface area contributed by atoms with Gasteiger partial charge in [-0.2, -0.15) is 0 Å². The molecule has 2 N–H and O–H groups in total. The van der Waals surface area contributed by atoms with Crippen molar-refractivity contribution in [2.24, 2.45) is 5.73 Å². The number of fused-ring (bicyclic) bond motifs is 1. The number of hydrogen-bond acceptors (Lipinski definition) is 4. The van der Waals surface area contributed by atoms with E-state index in [2.05, 4.69) is 44.8 Å². The average Bonchev–Trinajstić information content (AvgIpc) is 2.85. The van der Waals surface area contributed by atoms with Crippen molar-refractivity contribution in [2.45, 2.75) is 44.3 Å². The first-order valence-corrected chi connectivity index (χ1v) is 9.25. The first kappa shape index (κ1) is 15.0. The second kappa shape index (κ2) is 6.44. The maximum atomic E-state index is 6.31. The van der Waals surface area contributed by atoms with Gasteiger partial charge in [-0.15, -0.1) is 11.3 Å². The van der Waals surface area contributed by atoms with E-state index < -0.39 is 0 Å². The van der Waals surface area contributed by atoms with E-state index in [0.29, 0.717) is 6.04 Å². The lowest BCUT2D eigenvalue weighted by Gasteiger charge is -2.47. The molecule has 0 aromatic carbocycles. The number of halogens is 1. The Morgan fingerprint density at radius 3 is 2.85 bits per heavy atom. The van der Waals surface area contributed by atoms with E-state index in [9.17, 15) is 0 Å². The Morgan fingerprint density at radius 1 is 1.30 bits per heavy atom. The molecule has 3 unspecified atom stereocenters. The predicted octanol–water partition coefficient (Wildman–Crippen LogP) is 3.07. The molecule has 112 valence electrons. The van der Waals surface area contributed by atoms with Crippen molar-refractivity contribution in [3.63, 3.8) is 0 Å². The molecule has 0 radical (unpaired) electrons. The molecule has 0 bridgehead atoms. The lowest BCUT2D eigenvalue weighted by molar-refractivity contribution is 0.0228. The highest BCUT2D eigenvalue weighted by Gasteiger charge is 2.34. The Kier molecular flexibility index (Phi) is 4.82. The van der Waals surface area contributed by atoms with E-state index in [0.717, 1.165) is 12.6 Å². The first-order valence-electron chi connectivity index (χ1n) is 7.64. The van der Waals surface area contributed by atoms with Crippen LogP contribution in [0.15, 0.2) is 15.9 Å². The van der Waals surface area contributed by atoms with E-state index in [-0.39, 0.29) is 6.04 Å². The summed E-state index contributed by atoms with van der Waals surface area (Å²) in [4.78, 5) is 6.70. The minimum Gasteiger partial charge on any atom is -0.326 e. The highest BCUT2D eigenvalue weighted by atomic mass is 79.9. The van der Waals surface area contributed by atoms with Gasteiger partial charge in [-0.25, -0.2) is 0 Å². The summed E-state index contributed by atoms with van der Waals surface area (Å²) in [5.41, 5.74) is 6.31. The number of nitrogens with zero attached hydrogens (tertiary/aromatic N) is 2. The van der Waals surface area contributed by atoms with Crippen molar-refractivity contribution < 1.29 is 0 Å². The first-order chi connectivity index (χ1) is 9.65. The zero-order valence-corrected chi connectivity index (χ0v) is 14.5. The van der Waals surface area contributed by atoms with Crippen LogP contribution in [0.4, 0.5) is 0 Å². The summed E-state index contributed by atoms with van der Waals surface area (Å²) < 4.78 is 1.20. The van der Waals surface area contributed by atoms with E-state index in [1.54, 1.807) is 0 Å². The third-order valence-corrected chi connectivity index (χ3v) is 6.34. The predicted molar refractivity (Wildman–Crippen MR) is 89.2 cm³/mol. The minimum atomic E-state index is 0.177. The fourth-order valence-electron chi connectivity index (χ4n) is 3.69. The van der Waals surface area contributed by atoms with Gasteiger partial charge in [0.05, 0.1) is 9.83 Å². The van der Waals surface area contributed by atoms with Crippen molar-refractivity contribution in [2.75, 3.05) is 26.2 Å². The summed E-state index contributed by atoms with van der Waals surface area (Å²) in [7, 11) is 0. The van der Waals surface area contributed by atoms with Crippen LogP contribution in [0.5, 0.6) is 0 Å². The summed E-state index contributed by atoms with van der Waals surface area (Å²) in [5, 5.41) is 0. The molecule has 20 heavy (non-hydrogen) atoms. The molecule has 1 aromatic heterocycles. The maximum absolute atomic E-state index is 6.31. The number of thiophene rings is 1. The van der Waals surface area contributed by atoms with Gasteiger partial charge in [0.15, 0.2) is 0 Å². The van der Waals surface area contributed by atoms with Crippen LogP contribution >= 0.6 is 27.3 Å². The van der Waals surface area contributed by atoms with Gasteiger partial charge in [-0.3, -0.25) is 9.80 Å². The smallest absolute Gasteiger partial charge is 0.0702 e. The van der Waals surface area contributed by atoms with Crippen molar-refractivity contribution in [3.05, 3.63) is 20.8 Å². The van der Waals surface area contributed by atoms with Crippen LogP contribution in [0.2, 0.25) is 0 Å². The van der Waals surface area contributed by atoms with Gasteiger partial charge in [0.1, 0.15) is 0 Å². The van der Waals surface area contributed by atoms with Crippen LogP contribution in [-0.2, 0) is 0 Å². The molecule has 3 rings (SSSR count). The molecule has 0 spiro atoms. The topological polar surface area (TPSA) is 32.5 Å². The molecule has 0 amide bonds. The highest BCUT2D eigenvalue weighted by molar-refractivity contribution is 9.11. The molecule has 2 aliphatic rings. The second-order valence-corrected chi connectivity index (χ2v) is 8.62. The molecule has 3 atom stereocenters. The second-order valence-electron chi connectivity index (χ2n) is 6.13. The molecule has 2 saturated heterocycles. The Morgan fingerprint density at radius 2 is 2.15 bits per heavy atom. The van der Waals surface area contributed by atoms with Crippen molar-refractivity contribution in [1.29, 1.82) is 0 Å². The van der Waals surface area contributed by atoms with Crippen LogP contribution < -0.4 is 5.73 Å². The maximum Gasteiger partial charge on any atom is 0.0702 e. The zero-order valence-electron chi connectivity index (χ0n) is 12.1. The van der Waals surface area contributed by atoms with Crippen molar-refractivity contribution >= 4 is 27.3 Å².